The fourth-order valence-electron chi connectivity index (χ4n) is 4.06. The summed E-state index contributed by atoms with van der Waals surface area (Å²) in [6.45, 7) is 8.83. The second-order valence-electron chi connectivity index (χ2n) is 7.52. The summed E-state index contributed by atoms with van der Waals surface area (Å²) in [4.78, 5) is 30.0. The highest BCUT2D eigenvalue weighted by atomic mass is 32.2. The summed E-state index contributed by atoms with van der Waals surface area (Å²) in [7, 11) is 0. The van der Waals surface area contributed by atoms with Gasteiger partial charge in [-0.1, -0.05) is 18.2 Å². The van der Waals surface area contributed by atoms with Crippen LogP contribution in [-0.2, 0) is 9.53 Å². The molecule has 0 spiro atoms. The van der Waals surface area contributed by atoms with Crippen LogP contribution in [0.15, 0.2) is 24.3 Å². The van der Waals surface area contributed by atoms with Crippen LogP contribution < -0.4 is 5.32 Å². The minimum atomic E-state index is -0.456. The minimum Gasteiger partial charge on any atom is -0.379 e. The molecule has 0 unspecified atom stereocenters. The summed E-state index contributed by atoms with van der Waals surface area (Å²) in [5.41, 5.74) is 1.76. The van der Waals surface area contributed by atoms with Crippen LogP contribution in [0.3, 0.4) is 0 Å². The lowest BCUT2D eigenvalue weighted by atomic mass is 10.0. The van der Waals surface area contributed by atoms with Crippen LogP contribution in [-0.4, -0.2) is 71.8 Å². The van der Waals surface area contributed by atoms with Gasteiger partial charge in [0.2, 0.25) is 5.91 Å². The van der Waals surface area contributed by atoms with E-state index in [0.29, 0.717) is 6.54 Å². The Bertz CT molecular complexity index is 718. The molecule has 140 valence electrons. The minimum absolute atomic E-state index is 0.0306. The number of amides is 2. The molecule has 3 aliphatic rings. The van der Waals surface area contributed by atoms with Gasteiger partial charge in [-0.05, 0) is 25.5 Å². The highest BCUT2D eigenvalue weighted by Gasteiger charge is 2.57. The van der Waals surface area contributed by atoms with Crippen LogP contribution in [0, 0.1) is 0 Å². The zero-order valence-electron chi connectivity index (χ0n) is 15.2. The topological polar surface area (TPSA) is 61.9 Å². The maximum Gasteiger partial charge on any atom is 0.256 e. The first kappa shape index (κ1) is 17.8. The molecule has 2 saturated heterocycles. The van der Waals surface area contributed by atoms with Crippen LogP contribution in [0.4, 0.5) is 0 Å². The number of thioether (sulfide) groups is 1. The van der Waals surface area contributed by atoms with E-state index >= 15 is 0 Å². The van der Waals surface area contributed by atoms with Crippen LogP contribution in [0.5, 0.6) is 0 Å². The number of nitrogens with one attached hydrogen (secondary N) is 1. The molecule has 3 heterocycles. The van der Waals surface area contributed by atoms with E-state index in [-0.39, 0.29) is 21.9 Å². The molecule has 7 heteroatoms. The molecule has 1 N–H and O–H groups in total. The maximum absolute atomic E-state index is 13.0. The number of fused-ring (bicyclic) bond motifs is 3. The van der Waals surface area contributed by atoms with Gasteiger partial charge < -0.3 is 15.0 Å². The predicted molar refractivity (Wildman–Crippen MR) is 101 cm³/mol. The smallest absolute Gasteiger partial charge is 0.256 e. The quantitative estimate of drug-likeness (QED) is 0.864. The van der Waals surface area contributed by atoms with E-state index in [0.717, 1.165) is 44.0 Å². The molecule has 26 heavy (non-hydrogen) atoms. The van der Waals surface area contributed by atoms with Crippen molar-refractivity contribution in [2.24, 2.45) is 0 Å². The maximum atomic E-state index is 13.0. The Kier molecular flexibility index (Phi) is 4.71. The summed E-state index contributed by atoms with van der Waals surface area (Å²) >= 11 is 1.70. The molecule has 0 aliphatic carbocycles. The second kappa shape index (κ2) is 6.87. The van der Waals surface area contributed by atoms with E-state index in [4.69, 9.17) is 4.74 Å². The first-order valence-electron chi connectivity index (χ1n) is 9.16. The third kappa shape index (κ3) is 3.02. The highest BCUT2D eigenvalue weighted by molar-refractivity contribution is 8.01. The summed E-state index contributed by atoms with van der Waals surface area (Å²) in [5.74, 6) is -0.0866. The number of carbonyl (C=O) groups excluding carboxylic acids is 2. The van der Waals surface area contributed by atoms with E-state index in [1.807, 2.05) is 24.3 Å². The Balaban J connectivity index is 1.45. The highest BCUT2D eigenvalue weighted by Crippen LogP contribution is 2.56. The molecule has 3 aliphatic heterocycles. The summed E-state index contributed by atoms with van der Waals surface area (Å²) in [6, 6.07) is 7.24. The van der Waals surface area contributed by atoms with Crippen LogP contribution in [0.2, 0.25) is 0 Å². The molecule has 1 aromatic carbocycles. The number of nitrogens with zero attached hydrogens (tertiary/aromatic N) is 2. The predicted octanol–water partition coefficient (Wildman–Crippen LogP) is 1.48. The third-order valence-corrected chi connectivity index (χ3v) is 6.91. The van der Waals surface area contributed by atoms with Gasteiger partial charge in [-0.2, -0.15) is 0 Å². The summed E-state index contributed by atoms with van der Waals surface area (Å²) in [5, 5.41) is 2.99. The van der Waals surface area contributed by atoms with E-state index in [2.05, 4.69) is 24.1 Å². The van der Waals surface area contributed by atoms with Crippen LogP contribution in [0.25, 0.3) is 0 Å². The van der Waals surface area contributed by atoms with Crippen molar-refractivity contribution in [2.45, 2.75) is 30.0 Å². The third-order valence-electron chi connectivity index (χ3n) is 5.38. The van der Waals surface area contributed by atoms with Crippen LogP contribution >= 0.6 is 11.8 Å². The Morgan fingerprint density at radius 3 is 2.81 bits per heavy atom. The van der Waals surface area contributed by atoms with E-state index in [1.165, 1.54) is 0 Å². The van der Waals surface area contributed by atoms with E-state index in [9.17, 15) is 9.59 Å². The summed E-state index contributed by atoms with van der Waals surface area (Å²) in [6.07, 6.45) is 0. The molecule has 2 fully saturated rings. The molecular formula is C19H25N3O3S. The standard InChI is InChI=1S/C19H25N3O3S/c1-19(2)15(16(23)20-7-8-21-9-11-25-12-10-21)22-17(24)13-5-3-4-6-14(13)18(22)26-19/h3-6,15,18H,7-12H2,1-2H3,(H,20,23)/t15-,18+/m1/s1. The molecule has 2 amide bonds. The lowest BCUT2D eigenvalue weighted by Gasteiger charge is -2.30. The Labute approximate surface area is 158 Å². The molecule has 0 bridgehead atoms. The molecule has 6 nitrogen and oxygen atoms in total. The van der Waals surface area contributed by atoms with Gasteiger partial charge in [0.05, 0.1) is 13.2 Å². The van der Waals surface area contributed by atoms with Crippen molar-refractivity contribution < 1.29 is 14.3 Å². The van der Waals surface area contributed by atoms with Gasteiger partial charge >= 0.3 is 0 Å². The lowest BCUT2D eigenvalue weighted by molar-refractivity contribution is -0.126. The second-order valence-corrected chi connectivity index (χ2v) is 9.26. The fraction of sp³-hybridized carbons (Fsp3) is 0.579. The van der Waals surface area contributed by atoms with E-state index < -0.39 is 6.04 Å². The van der Waals surface area contributed by atoms with Gasteiger partial charge in [-0.15, -0.1) is 11.8 Å². The van der Waals surface area contributed by atoms with Crippen molar-refractivity contribution in [1.82, 2.24) is 15.1 Å². The van der Waals surface area contributed by atoms with Crippen molar-refractivity contribution in [2.75, 3.05) is 39.4 Å². The van der Waals surface area contributed by atoms with Gasteiger partial charge in [-0.25, -0.2) is 0 Å². The Hall–Kier alpha value is -1.57. The normalized spacial score (nSPS) is 27.3. The molecule has 4 rings (SSSR count). The molecule has 1 aromatic rings. The number of rotatable bonds is 4. The molecule has 2 atom stereocenters. The first-order valence-corrected chi connectivity index (χ1v) is 10.0. The van der Waals surface area contributed by atoms with Gasteiger partial charge in [0, 0.05) is 36.5 Å². The zero-order chi connectivity index (χ0) is 18.3. The monoisotopic (exact) mass is 375 g/mol. The van der Waals surface area contributed by atoms with Crippen LogP contribution in [0.1, 0.15) is 35.1 Å². The molecule has 0 radical (unpaired) electrons. The molecule has 0 saturated carbocycles. The lowest BCUT2D eigenvalue weighted by Crippen LogP contribution is -2.53. The molecule has 0 aromatic heterocycles. The number of carbonyl (C=O) groups is 2. The van der Waals surface area contributed by atoms with Gasteiger partial charge in [-0.3, -0.25) is 14.5 Å². The van der Waals surface area contributed by atoms with Gasteiger partial charge in [0.25, 0.3) is 5.91 Å². The van der Waals surface area contributed by atoms with Crippen molar-refractivity contribution in [1.29, 1.82) is 0 Å². The van der Waals surface area contributed by atoms with Gasteiger partial charge in [0.1, 0.15) is 11.4 Å². The Morgan fingerprint density at radius 2 is 2.04 bits per heavy atom. The first-order chi connectivity index (χ1) is 12.5. The van der Waals surface area contributed by atoms with E-state index in [1.54, 1.807) is 16.7 Å². The van der Waals surface area contributed by atoms with Gasteiger partial charge in [0.15, 0.2) is 0 Å². The average molecular weight is 375 g/mol. The summed E-state index contributed by atoms with van der Waals surface area (Å²) < 4.78 is 5.03. The fourth-order valence-corrected chi connectivity index (χ4v) is 5.65. The SMILES string of the molecule is CC1(C)S[C@H]2c3ccccc3C(=O)N2[C@@H]1C(=O)NCCN1CCOCC1. The zero-order valence-corrected chi connectivity index (χ0v) is 16.1. The number of morpholine rings is 1. The number of benzene rings is 1. The van der Waals surface area contributed by atoms with Crippen molar-refractivity contribution in [3.8, 4) is 0 Å². The van der Waals surface area contributed by atoms with Crippen molar-refractivity contribution in [3.05, 3.63) is 35.4 Å². The Morgan fingerprint density at radius 1 is 1.31 bits per heavy atom. The average Bonchev–Trinajstić information content (AvgIpc) is 3.06. The largest absolute Gasteiger partial charge is 0.379 e. The van der Waals surface area contributed by atoms with Crippen molar-refractivity contribution in [3.63, 3.8) is 0 Å². The number of ether oxygens (including phenoxy) is 1. The number of hydrogen-bond acceptors (Lipinski definition) is 5. The number of hydrogen-bond donors (Lipinski definition) is 1. The molecular weight excluding hydrogens is 350 g/mol. The van der Waals surface area contributed by atoms with Crippen molar-refractivity contribution >= 4 is 23.6 Å².